The molecule has 2 aliphatic heterocycles. The maximum Gasteiger partial charge on any atom is 0.232 e. The molecule has 3 aliphatic rings. The van der Waals surface area contributed by atoms with Gasteiger partial charge in [0.15, 0.2) is 21.3 Å². The van der Waals surface area contributed by atoms with Crippen LogP contribution in [0.3, 0.4) is 0 Å². The average Bonchev–Trinajstić information content (AvgIpc) is 3.44. The van der Waals surface area contributed by atoms with Crippen molar-refractivity contribution in [3.63, 3.8) is 0 Å². The third kappa shape index (κ3) is 5.61. The number of hydrogen-bond acceptors (Lipinski definition) is 6. The standard InChI is InChI=1S/C35H40ClNO6S/c1-21(2)43-31-20-29-24(17-30(31)42-4)18-33(38)37(34(29)22-7-11-27(36)12-8-22)28-13-9-25(10-14-28)35(3,39)26-16-23-6-5-15-44(40,41)32(23)19-26/h7-14,17,20-21,23,26,32,34,39H,5-6,15-16,18-19H2,1-4H3/t23?,26?,32?,34-,35-/m0/s1. The lowest BCUT2D eigenvalue weighted by Crippen LogP contribution is -2.41. The first kappa shape index (κ1) is 30.9. The van der Waals surface area contributed by atoms with Gasteiger partial charge in [-0.15, -0.1) is 0 Å². The van der Waals surface area contributed by atoms with Gasteiger partial charge in [0.1, 0.15) is 0 Å². The summed E-state index contributed by atoms with van der Waals surface area (Å²) in [7, 11) is -1.52. The number of carbonyl (C=O) groups is 1. The molecule has 3 aromatic carbocycles. The second kappa shape index (κ2) is 11.7. The Morgan fingerprint density at radius 2 is 1.73 bits per heavy atom. The molecule has 9 heteroatoms. The second-order valence-electron chi connectivity index (χ2n) is 12.9. The van der Waals surface area contributed by atoms with Crippen LogP contribution in [0.15, 0.2) is 60.7 Å². The Morgan fingerprint density at radius 1 is 1.02 bits per heavy atom. The summed E-state index contributed by atoms with van der Waals surface area (Å²) < 4.78 is 37.2. The van der Waals surface area contributed by atoms with Gasteiger partial charge >= 0.3 is 0 Å². The van der Waals surface area contributed by atoms with Crippen LogP contribution >= 0.6 is 11.6 Å². The zero-order valence-corrected chi connectivity index (χ0v) is 27.2. The normalized spacial score (nSPS) is 25.7. The topological polar surface area (TPSA) is 93.1 Å². The van der Waals surface area contributed by atoms with Crippen LogP contribution in [0.2, 0.25) is 5.02 Å². The van der Waals surface area contributed by atoms with Crippen molar-refractivity contribution in [3.05, 3.63) is 87.9 Å². The van der Waals surface area contributed by atoms with Crippen LogP contribution in [0.1, 0.15) is 74.8 Å². The third-order valence-corrected chi connectivity index (χ3v) is 12.4. The summed E-state index contributed by atoms with van der Waals surface area (Å²) in [5, 5.41) is 12.0. The Morgan fingerprint density at radius 3 is 2.36 bits per heavy atom. The second-order valence-corrected chi connectivity index (χ2v) is 15.7. The highest BCUT2D eigenvalue weighted by atomic mass is 35.5. The summed E-state index contributed by atoms with van der Waals surface area (Å²) >= 11 is 6.25. The number of nitrogens with zero attached hydrogens (tertiary/aromatic N) is 1. The van der Waals surface area contributed by atoms with E-state index in [1.54, 1.807) is 18.9 Å². The predicted octanol–water partition coefficient (Wildman–Crippen LogP) is 6.63. The van der Waals surface area contributed by atoms with E-state index in [1.807, 2.05) is 74.5 Å². The lowest BCUT2D eigenvalue weighted by molar-refractivity contribution is -0.118. The molecule has 3 aromatic rings. The smallest absolute Gasteiger partial charge is 0.232 e. The molecule has 0 radical (unpaired) electrons. The van der Waals surface area contributed by atoms with E-state index in [4.69, 9.17) is 21.1 Å². The fourth-order valence-electron chi connectivity index (χ4n) is 7.51. The lowest BCUT2D eigenvalue weighted by Gasteiger charge is -2.38. The van der Waals surface area contributed by atoms with Gasteiger partial charge in [0.05, 0.1) is 42.3 Å². The first-order valence-corrected chi connectivity index (χ1v) is 17.5. The van der Waals surface area contributed by atoms with Crippen molar-refractivity contribution in [1.82, 2.24) is 0 Å². The minimum absolute atomic E-state index is 0.0679. The van der Waals surface area contributed by atoms with Gasteiger partial charge in [-0.1, -0.05) is 35.9 Å². The van der Waals surface area contributed by atoms with Gasteiger partial charge in [-0.3, -0.25) is 4.79 Å². The minimum Gasteiger partial charge on any atom is -0.493 e. The molecule has 2 fully saturated rings. The van der Waals surface area contributed by atoms with Crippen molar-refractivity contribution >= 4 is 33.0 Å². The first-order valence-electron chi connectivity index (χ1n) is 15.4. The van der Waals surface area contributed by atoms with E-state index < -0.39 is 21.5 Å². The molecule has 0 bridgehead atoms. The molecular weight excluding hydrogens is 598 g/mol. The van der Waals surface area contributed by atoms with Gasteiger partial charge in [-0.2, -0.15) is 0 Å². The number of halogens is 1. The van der Waals surface area contributed by atoms with Crippen LogP contribution in [-0.4, -0.2) is 43.6 Å². The number of fused-ring (bicyclic) bond motifs is 2. The van der Waals surface area contributed by atoms with Crippen molar-refractivity contribution in [1.29, 1.82) is 0 Å². The molecule has 44 heavy (non-hydrogen) atoms. The van der Waals surface area contributed by atoms with E-state index in [0.29, 0.717) is 47.0 Å². The van der Waals surface area contributed by atoms with Gasteiger partial charge in [0.25, 0.3) is 0 Å². The van der Waals surface area contributed by atoms with Crippen molar-refractivity contribution in [2.24, 2.45) is 11.8 Å². The van der Waals surface area contributed by atoms with E-state index in [1.165, 1.54) is 0 Å². The molecule has 5 atom stereocenters. The van der Waals surface area contributed by atoms with E-state index >= 15 is 0 Å². The Kier molecular flexibility index (Phi) is 8.22. The van der Waals surface area contributed by atoms with Crippen LogP contribution < -0.4 is 14.4 Å². The molecule has 7 nitrogen and oxygen atoms in total. The molecule has 3 unspecified atom stereocenters. The first-order chi connectivity index (χ1) is 20.9. The summed E-state index contributed by atoms with van der Waals surface area (Å²) in [6.45, 7) is 5.71. The Bertz CT molecular complexity index is 1650. The summed E-state index contributed by atoms with van der Waals surface area (Å²) in [5.41, 5.74) is 2.93. The van der Waals surface area contributed by atoms with Crippen LogP contribution in [0.4, 0.5) is 5.69 Å². The minimum atomic E-state index is -3.12. The molecule has 6 rings (SSSR count). The van der Waals surface area contributed by atoms with Crippen LogP contribution in [-0.2, 0) is 26.7 Å². The van der Waals surface area contributed by atoms with Crippen molar-refractivity contribution in [3.8, 4) is 11.5 Å². The highest BCUT2D eigenvalue weighted by Crippen LogP contribution is 2.49. The summed E-state index contributed by atoms with van der Waals surface area (Å²) in [6, 6.07) is 18.4. The van der Waals surface area contributed by atoms with Gasteiger partial charge in [0.2, 0.25) is 5.91 Å². The molecule has 2 heterocycles. The number of carbonyl (C=O) groups excluding carboxylic acids is 1. The van der Waals surface area contributed by atoms with Crippen LogP contribution in [0.25, 0.3) is 0 Å². The van der Waals surface area contributed by atoms with Crippen molar-refractivity contribution in [2.75, 3.05) is 17.8 Å². The van der Waals surface area contributed by atoms with Gasteiger partial charge in [-0.05, 0) is 117 Å². The zero-order valence-electron chi connectivity index (χ0n) is 25.6. The van der Waals surface area contributed by atoms with Crippen LogP contribution in [0.5, 0.6) is 11.5 Å². The molecule has 0 aromatic heterocycles. The van der Waals surface area contributed by atoms with E-state index in [-0.39, 0.29) is 41.3 Å². The Hall–Kier alpha value is -3.07. The monoisotopic (exact) mass is 637 g/mol. The SMILES string of the molecule is COc1cc2c(cc1OC(C)C)[C@H](c1ccc(Cl)cc1)N(c1ccc([C@](C)(O)C3CC4CCCS(=O)(=O)C4C3)cc1)C(=O)C2. The van der Waals surface area contributed by atoms with Crippen molar-refractivity contribution < 1.29 is 27.8 Å². The zero-order chi connectivity index (χ0) is 31.4. The lowest BCUT2D eigenvalue weighted by atomic mass is 9.81. The van der Waals surface area contributed by atoms with Gasteiger partial charge in [0, 0.05) is 10.7 Å². The molecule has 1 amide bonds. The molecular formula is C35H40ClNO6S. The van der Waals surface area contributed by atoms with Crippen LogP contribution in [0, 0.1) is 11.8 Å². The van der Waals surface area contributed by atoms with E-state index in [2.05, 4.69) is 0 Å². The predicted molar refractivity (Wildman–Crippen MR) is 172 cm³/mol. The van der Waals surface area contributed by atoms with E-state index in [0.717, 1.165) is 23.1 Å². The average molecular weight is 638 g/mol. The Balaban J connectivity index is 1.36. The quantitative estimate of drug-likeness (QED) is 0.313. The maximum absolute atomic E-state index is 13.9. The maximum atomic E-state index is 13.9. The number of ether oxygens (including phenoxy) is 2. The fourth-order valence-corrected chi connectivity index (χ4v) is 9.87. The number of benzene rings is 3. The van der Waals surface area contributed by atoms with E-state index in [9.17, 15) is 18.3 Å². The summed E-state index contributed by atoms with van der Waals surface area (Å²) in [5.74, 6) is 1.33. The number of methoxy groups -OCH3 is 1. The Labute approximate surface area is 265 Å². The summed E-state index contributed by atoms with van der Waals surface area (Å²) in [6.07, 6.45) is 2.90. The molecule has 1 saturated carbocycles. The van der Waals surface area contributed by atoms with Gasteiger partial charge in [-0.25, -0.2) is 8.42 Å². The molecule has 1 N–H and O–H groups in total. The largest absolute Gasteiger partial charge is 0.493 e. The molecule has 1 saturated heterocycles. The number of rotatable bonds is 7. The highest BCUT2D eigenvalue weighted by Gasteiger charge is 2.49. The number of hydrogen-bond donors (Lipinski definition) is 1. The molecule has 234 valence electrons. The number of sulfone groups is 1. The molecule has 0 spiro atoms. The fraction of sp³-hybridized carbons (Fsp3) is 0.457. The van der Waals surface area contributed by atoms with Gasteiger partial charge < -0.3 is 19.5 Å². The van der Waals surface area contributed by atoms with Crippen molar-refractivity contribution in [2.45, 2.75) is 75.9 Å². The number of amides is 1. The summed E-state index contributed by atoms with van der Waals surface area (Å²) in [4.78, 5) is 15.7. The number of anilines is 1. The third-order valence-electron chi connectivity index (χ3n) is 9.76. The molecule has 1 aliphatic carbocycles. The highest BCUT2D eigenvalue weighted by molar-refractivity contribution is 7.92. The number of aliphatic hydroxyl groups is 1.